The summed E-state index contributed by atoms with van der Waals surface area (Å²) >= 11 is 3.54. The van der Waals surface area contributed by atoms with E-state index in [9.17, 15) is 0 Å². The summed E-state index contributed by atoms with van der Waals surface area (Å²) in [5, 5.41) is 12.2. The van der Waals surface area contributed by atoms with Gasteiger partial charge in [-0.05, 0) is 50.1 Å². The van der Waals surface area contributed by atoms with Crippen LogP contribution in [0.25, 0.3) is 5.69 Å². The molecular weight excluding hydrogens is 328 g/mol. The van der Waals surface area contributed by atoms with Gasteiger partial charge in [-0.15, -0.1) is 5.10 Å². The predicted molar refractivity (Wildman–Crippen MR) is 89.9 cm³/mol. The molecule has 114 valence electrons. The number of benzene rings is 1. The van der Waals surface area contributed by atoms with Crippen LogP contribution in [0.1, 0.15) is 50.2 Å². The van der Waals surface area contributed by atoms with Gasteiger partial charge in [0.15, 0.2) is 0 Å². The Labute approximate surface area is 135 Å². The highest BCUT2D eigenvalue weighted by molar-refractivity contribution is 9.10. The number of rotatable bonds is 6. The average Bonchev–Trinajstić information content (AvgIpc) is 2.92. The lowest BCUT2D eigenvalue weighted by atomic mass is 10.1. The third-order valence-electron chi connectivity index (χ3n) is 3.87. The summed E-state index contributed by atoms with van der Waals surface area (Å²) in [7, 11) is 1.98. The molecule has 21 heavy (non-hydrogen) atoms. The van der Waals surface area contributed by atoms with Crippen molar-refractivity contribution in [3.8, 4) is 5.69 Å². The number of hydrogen-bond acceptors (Lipinski definition) is 3. The molecule has 1 aromatic carbocycles. The molecule has 0 spiro atoms. The topological polar surface area (TPSA) is 42.7 Å². The average molecular weight is 351 g/mol. The lowest BCUT2D eigenvalue weighted by molar-refractivity contribution is 0.555. The first-order chi connectivity index (χ1) is 10.2. The van der Waals surface area contributed by atoms with E-state index in [4.69, 9.17) is 0 Å². The van der Waals surface area contributed by atoms with Gasteiger partial charge in [0.05, 0.1) is 17.4 Å². The molecule has 0 amide bonds. The van der Waals surface area contributed by atoms with Crippen LogP contribution in [0.2, 0.25) is 0 Å². The van der Waals surface area contributed by atoms with Crippen molar-refractivity contribution in [1.82, 2.24) is 20.3 Å². The molecule has 0 fully saturated rings. The van der Waals surface area contributed by atoms with Gasteiger partial charge in [0.2, 0.25) is 0 Å². The highest BCUT2D eigenvalue weighted by atomic mass is 79.9. The summed E-state index contributed by atoms with van der Waals surface area (Å²) in [4.78, 5) is 0. The molecule has 2 rings (SSSR count). The van der Waals surface area contributed by atoms with Gasteiger partial charge in [0.25, 0.3) is 0 Å². The van der Waals surface area contributed by atoms with Crippen LogP contribution in [0, 0.1) is 0 Å². The summed E-state index contributed by atoms with van der Waals surface area (Å²) in [5.41, 5.74) is 4.65. The predicted octanol–water partition coefficient (Wildman–Crippen LogP) is 3.83. The Hall–Kier alpha value is -1.20. The van der Waals surface area contributed by atoms with E-state index in [1.54, 1.807) is 0 Å². The van der Waals surface area contributed by atoms with E-state index < -0.39 is 0 Å². The zero-order valence-electron chi connectivity index (χ0n) is 13.2. The summed E-state index contributed by atoms with van der Waals surface area (Å²) in [6.45, 7) is 6.49. The molecule has 0 aliphatic carbocycles. The highest BCUT2D eigenvalue weighted by Gasteiger charge is 2.20. The number of nitrogens with one attached hydrogen (secondary N) is 1. The molecule has 2 aromatic rings. The van der Waals surface area contributed by atoms with Crippen LogP contribution < -0.4 is 5.32 Å². The van der Waals surface area contributed by atoms with Gasteiger partial charge >= 0.3 is 0 Å². The van der Waals surface area contributed by atoms with E-state index in [1.165, 1.54) is 11.3 Å². The second kappa shape index (κ2) is 7.18. The van der Waals surface area contributed by atoms with Crippen molar-refractivity contribution < 1.29 is 0 Å². The summed E-state index contributed by atoms with van der Waals surface area (Å²) in [6, 6.07) is 6.59. The minimum Gasteiger partial charge on any atom is -0.312 e. The Morgan fingerprint density at radius 3 is 2.57 bits per heavy atom. The van der Waals surface area contributed by atoms with E-state index in [0.29, 0.717) is 0 Å². The van der Waals surface area contributed by atoms with Gasteiger partial charge in [-0.1, -0.05) is 41.9 Å². The van der Waals surface area contributed by atoms with Gasteiger partial charge in [0.1, 0.15) is 5.69 Å². The van der Waals surface area contributed by atoms with Gasteiger partial charge in [-0.25, -0.2) is 4.68 Å². The quantitative estimate of drug-likeness (QED) is 0.860. The lowest BCUT2D eigenvalue weighted by Gasteiger charge is -2.14. The van der Waals surface area contributed by atoms with Crippen molar-refractivity contribution in [1.29, 1.82) is 0 Å². The molecule has 1 heterocycles. The van der Waals surface area contributed by atoms with E-state index in [0.717, 1.165) is 35.1 Å². The first-order valence-electron chi connectivity index (χ1n) is 7.56. The Bertz CT molecular complexity index is 602. The van der Waals surface area contributed by atoms with E-state index >= 15 is 0 Å². The molecule has 4 nitrogen and oxygen atoms in total. The second-order valence-electron chi connectivity index (χ2n) is 5.06. The number of aromatic nitrogens is 3. The molecule has 0 aliphatic heterocycles. The van der Waals surface area contributed by atoms with Crippen LogP contribution in [-0.2, 0) is 12.8 Å². The summed E-state index contributed by atoms with van der Waals surface area (Å²) < 4.78 is 3.10. The summed E-state index contributed by atoms with van der Waals surface area (Å²) in [5.74, 6) is 0. The number of nitrogens with zero attached hydrogens (tertiary/aromatic N) is 3. The van der Waals surface area contributed by atoms with Crippen LogP contribution in [0.4, 0.5) is 0 Å². The fourth-order valence-electron chi connectivity index (χ4n) is 2.69. The maximum atomic E-state index is 4.44. The third kappa shape index (κ3) is 3.19. The van der Waals surface area contributed by atoms with Crippen LogP contribution in [0.5, 0.6) is 0 Å². The van der Waals surface area contributed by atoms with E-state index in [1.807, 2.05) is 11.7 Å². The van der Waals surface area contributed by atoms with E-state index in [2.05, 4.69) is 70.5 Å². The van der Waals surface area contributed by atoms with Gasteiger partial charge in [-0.3, -0.25) is 0 Å². The molecule has 0 bridgehead atoms. The van der Waals surface area contributed by atoms with Gasteiger partial charge in [0, 0.05) is 4.47 Å². The van der Waals surface area contributed by atoms with Gasteiger partial charge < -0.3 is 5.32 Å². The minimum absolute atomic E-state index is 0.259. The molecule has 0 aliphatic rings. The minimum atomic E-state index is 0.259. The molecular formula is C16H23BrN4. The Morgan fingerprint density at radius 2 is 2.00 bits per heavy atom. The monoisotopic (exact) mass is 350 g/mol. The van der Waals surface area contributed by atoms with E-state index in [-0.39, 0.29) is 6.04 Å². The fraction of sp³-hybridized carbons (Fsp3) is 0.500. The fourth-order valence-corrected chi connectivity index (χ4v) is 3.09. The zero-order valence-corrected chi connectivity index (χ0v) is 14.7. The molecule has 1 aromatic heterocycles. The number of aryl methyl sites for hydroxylation is 1. The number of hydrogen-bond donors (Lipinski definition) is 1. The SMILES string of the molecule is CCc1cc(Br)ccc1-n1nnc(C(CC)NC)c1CC. The van der Waals surface area contributed by atoms with Crippen molar-refractivity contribution in [2.24, 2.45) is 0 Å². The van der Waals surface area contributed by atoms with Crippen molar-refractivity contribution in [2.75, 3.05) is 7.05 Å². The van der Waals surface area contributed by atoms with Crippen molar-refractivity contribution in [3.05, 3.63) is 39.6 Å². The Morgan fingerprint density at radius 1 is 1.24 bits per heavy atom. The van der Waals surface area contributed by atoms with Crippen molar-refractivity contribution in [2.45, 2.75) is 46.1 Å². The Kier molecular flexibility index (Phi) is 5.53. The van der Waals surface area contributed by atoms with Crippen molar-refractivity contribution >= 4 is 15.9 Å². The van der Waals surface area contributed by atoms with Crippen LogP contribution in [0.3, 0.4) is 0 Å². The van der Waals surface area contributed by atoms with Crippen LogP contribution in [-0.4, -0.2) is 22.0 Å². The maximum absolute atomic E-state index is 4.44. The lowest BCUT2D eigenvalue weighted by Crippen LogP contribution is -2.17. The molecule has 1 N–H and O–H groups in total. The van der Waals surface area contributed by atoms with Crippen LogP contribution >= 0.6 is 15.9 Å². The molecule has 0 saturated carbocycles. The van der Waals surface area contributed by atoms with Gasteiger partial charge in [-0.2, -0.15) is 0 Å². The standard InChI is InChI=1S/C16H23BrN4/c1-5-11-10-12(17)8-9-15(11)21-14(7-3)16(19-20-21)13(6-2)18-4/h8-10,13,18H,5-7H2,1-4H3. The largest absolute Gasteiger partial charge is 0.312 e. The summed E-state index contributed by atoms with van der Waals surface area (Å²) in [6.07, 6.45) is 2.89. The first-order valence-corrected chi connectivity index (χ1v) is 8.35. The second-order valence-corrected chi connectivity index (χ2v) is 5.98. The number of halogens is 1. The Balaban J connectivity index is 2.55. The molecule has 5 heteroatoms. The third-order valence-corrected chi connectivity index (χ3v) is 4.36. The molecule has 1 atom stereocenters. The molecule has 0 saturated heterocycles. The first kappa shape index (κ1) is 16.2. The maximum Gasteiger partial charge on any atom is 0.103 e. The van der Waals surface area contributed by atoms with Crippen molar-refractivity contribution in [3.63, 3.8) is 0 Å². The molecule has 0 radical (unpaired) electrons. The van der Waals surface area contributed by atoms with Crippen LogP contribution in [0.15, 0.2) is 22.7 Å². The smallest absolute Gasteiger partial charge is 0.103 e. The zero-order chi connectivity index (χ0) is 15.4. The highest BCUT2D eigenvalue weighted by Crippen LogP contribution is 2.25. The normalized spacial score (nSPS) is 12.6. The molecule has 1 unspecified atom stereocenters.